The number of hydrogen-bond acceptors (Lipinski definition) is 9. The van der Waals surface area contributed by atoms with Crippen molar-refractivity contribution < 1.29 is 39.1 Å². The first kappa shape index (κ1) is 32.4. The van der Waals surface area contributed by atoms with Gasteiger partial charge in [0.1, 0.15) is 12.4 Å². The number of hydrogen-bond donors (Lipinski definition) is 9. The van der Waals surface area contributed by atoms with Crippen LogP contribution >= 0.6 is 0 Å². The molecule has 0 aromatic rings. The second-order valence-electron chi connectivity index (χ2n) is 12.0. The monoisotopic (exact) mass is 595 g/mol. The zero-order chi connectivity index (χ0) is 30.2. The number of carbonyl (C=O) groups is 2. The first-order valence-corrected chi connectivity index (χ1v) is 15.0. The predicted octanol–water partition coefficient (Wildman–Crippen LogP) is 1.06. The molecule has 7 unspecified atom stereocenters. The minimum absolute atomic E-state index is 0.00656. The Hall–Kier alpha value is -2.55. The zero-order valence-corrected chi connectivity index (χ0v) is 24.0. The van der Waals surface area contributed by atoms with E-state index in [2.05, 4.69) is 26.6 Å². The Morgan fingerprint density at radius 3 is 2.67 bits per heavy atom. The molecule has 9 N–H and O–H groups in total. The summed E-state index contributed by atoms with van der Waals surface area (Å²) in [6.45, 7) is 2.53. The van der Waals surface area contributed by atoms with Gasteiger partial charge >= 0.3 is 12.0 Å². The van der Waals surface area contributed by atoms with Gasteiger partial charge in [-0.05, 0) is 69.6 Å². The SMILES string of the molecule is CC1C=C(NC(=O)NC2=CCC(OC3C=CNC(C4CC(C(O)N[C@@H](CCC(=O)O)C(O)O)CN4)C3)CC2)[C@@H](F)CC1. The molecule has 2 amide bonds. The molecule has 13 heteroatoms. The maximum atomic E-state index is 14.1. The van der Waals surface area contributed by atoms with Crippen molar-refractivity contribution in [2.75, 3.05) is 6.54 Å². The van der Waals surface area contributed by atoms with Crippen molar-refractivity contribution in [2.24, 2.45) is 11.8 Å². The second kappa shape index (κ2) is 15.3. The van der Waals surface area contributed by atoms with Crippen molar-refractivity contribution in [3.8, 4) is 0 Å². The average molecular weight is 596 g/mol. The lowest BCUT2D eigenvalue weighted by Crippen LogP contribution is -2.49. The standard InChI is InChI=1S/C29H46FN5O7/c1-16-2-7-21(30)23(12-16)35-29(41)33-18-3-5-19(6-4-18)42-20-10-11-31-25(14-20)24-13-17(15-32-24)27(38)34-22(28(39)40)8-9-26(36)37/h3,10-12,16-17,19-22,24-25,27-28,31-32,34,38-40H,2,4-9,13-15H2,1H3,(H,36,37)(H2,33,35,41)/t16?,17?,19?,20?,21-,22-,24?,25?,27?/m0/s1. The molecule has 0 saturated carbocycles. The molecular formula is C29H46FN5O7. The number of aliphatic carboxylic acids is 1. The molecule has 0 aromatic heterocycles. The van der Waals surface area contributed by atoms with Crippen LogP contribution in [0.25, 0.3) is 0 Å². The number of carboxylic acid groups (broad SMARTS) is 1. The van der Waals surface area contributed by atoms with Crippen LogP contribution < -0.4 is 26.6 Å². The van der Waals surface area contributed by atoms with Gasteiger partial charge in [0.2, 0.25) is 0 Å². The Balaban J connectivity index is 1.19. The Morgan fingerprint density at radius 1 is 1.14 bits per heavy atom. The predicted molar refractivity (Wildman–Crippen MR) is 152 cm³/mol. The van der Waals surface area contributed by atoms with Gasteiger partial charge in [0.05, 0.1) is 18.2 Å². The molecule has 236 valence electrons. The number of nitrogens with one attached hydrogen (secondary N) is 5. The van der Waals surface area contributed by atoms with E-state index in [0.717, 1.165) is 25.0 Å². The van der Waals surface area contributed by atoms with Gasteiger partial charge in [-0.3, -0.25) is 10.1 Å². The number of carbonyl (C=O) groups excluding carboxylic acids is 1. The number of urea groups is 1. The van der Waals surface area contributed by atoms with Crippen molar-refractivity contribution in [3.63, 3.8) is 0 Å². The fourth-order valence-corrected chi connectivity index (χ4v) is 6.14. The summed E-state index contributed by atoms with van der Waals surface area (Å²) in [6.07, 6.45) is 7.98. The van der Waals surface area contributed by atoms with Gasteiger partial charge in [-0.25, -0.2) is 9.18 Å². The molecule has 2 aliphatic carbocycles. The van der Waals surface area contributed by atoms with Gasteiger partial charge in [0.25, 0.3) is 0 Å². The third-order valence-corrected chi connectivity index (χ3v) is 8.59. The highest BCUT2D eigenvalue weighted by atomic mass is 19.1. The molecule has 9 atom stereocenters. The number of amides is 2. The number of rotatable bonds is 12. The van der Waals surface area contributed by atoms with Gasteiger partial charge in [-0.2, -0.15) is 0 Å². The van der Waals surface area contributed by atoms with E-state index >= 15 is 0 Å². The third kappa shape index (κ3) is 9.48. The van der Waals surface area contributed by atoms with Crippen LogP contribution in [0, 0.1) is 11.8 Å². The zero-order valence-electron chi connectivity index (χ0n) is 24.0. The van der Waals surface area contributed by atoms with Crippen LogP contribution in [0.1, 0.15) is 64.7 Å². The molecule has 2 heterocycles. The molecule has 4 aliphatic rings. The van der Waals surface area contributed by atoms with Gasteiger partial charge in [-0.1, -0.05) is 19.1 Å². The molecule has 0 spiro atoms. The lowest BCUT2D eigenvalue weighted by Gasteiger charge is -2.34. The van der Waals surface area contributed by atoms with E-state index in [0.29, 0.717) is 37.9 Å². The van der Waals surface area contributed by atoms with Crippen LogP contribution in [-0.2, 0) is 9.53 Å². The Kier molecular flexibility index (Phi) is 11.8. The first-order valence-electron chi connectivity index (χ1n) is 15.0. The molecule has 0 radical (unpaired) electrons. The Labute approximate surface area is 245 Å². The fraction of sp³-hybridized carbons (Fsp3) is 0.724. The second-order valence-corrected chi connectivity index (χ2v) is 12.0. The summed E-state index contributed by atoms with van der Waals surface area (Å²) >= 11 is 0. The highest BCUT2D eigenvalue weighted by Gasteiger charge is 2.37. The van der Waals surface area contributed by atoms with Crippen molar-refractivity contribution in [1.82, 2.24) is 26.6 Å². The van der Waals surface area contributed by atoms with E-state index in [9.17, 15) is 29.3 Å². The lowest BCUT2D eigenvalue weighted by molar-refractivity contribution is -0.138. The largest absolute Gasteiger partial charge is 0.481 e. The van der Waals surface area contributed by atoms with E-state index in [4.69, 9.17) is 9.84 Å². The average Bonchev–Trinajstić information content (AvgIpc) is 3.45. The van der Waals surface area contributed by atoms with E-state index < -0.39 is 36.7 Å². The quantitative estimate of drug-likeness (QED) is 0.148. The Bertz CT molecular complexity index is 1020. The normalized spacial score (nSPS) is 32.9. The molecule has 12 nitrogen and oxygen atoms in total. The smallest absolute Gasteiger partial charge is 0.323 e. The van der Waals surface area contributed by atoms with E-state index in [-0.39, 0.29) is 49.0 Å². The number of ether oxygens (including phenoxy) is 1. The van der Waals surface area contributed by atoms with Gasteiger partial charge < -0.3 is 46.4 Å². The number of carboxylic acids is 1. The first-order chi connectivity index (χ1) is 20.1. The highest BCUT2D eigenvalue weighted by Crippen LogP contribution is 2.27. The summed E-state index contributed by atoms with van der Waals surface area (Å²) in [6, 6.07) is -1.23. The van der Waals surface area contributed by atoms with E-state index in [1.54, 1.807) is 6.08 Å². The summed E-state index contributed by atoms with van der Waals surface area (Å²) in [7, 11) is 0. The van der Waals surface area contributed by atoms with Crippen LogP contribution in [0.5, 0.6) is 0 Å². The number of allylic oxidation sites excluding steroid dienone is 3. The van der Waals surface area contributed by atoms with Gasteiger partial charge in [0, 0.05) is 42.4 Å². The van der Waals surface area contributed by atoms with Crippen molar-refractivity contribution >= 4 is 12.0 Å². The maximum Gasteiger partial charge on any atom is 0.323 e. The topological polar surface area (TPSA) is 184 Å². The molecule has 1 saturated heterocycles. The summed E-state index contributed by atoms with van der Waals surface area (Å²) < 4.78 is 20.5. The fourth-order valence-electron chi connectivity index (χ4n) is 6.14. The van der Waals surface area contributed by atoms with Gasteiger partial charge in [0.15, 0.2) is 6.29 Å². The lowest BCUT2D eigenvalue weighted by atomic mass is 9.93. The molecule has 1 fully saturated rings. The summed E-state index contributed by atoms with van der Waals surface area (Å²) in [4.78, 5) is 23.3. The van der Waals surface area contributed by atoms with E-state index in [1.165, 1.54) is 0 Å². The maximum absolute atomic E-state index is 14.1. The number of aliphatic hydroxyl groups excluding tert-OH is 2. The van der Waals surface area contributed by atoms with Crippen molar-refractivity contribution in [2.45, 2.75) is 114 Å². The van der Waals surface area contributed by atoms with Crippen LogP contribution in [0.4, 0.5) is 9.18 Å². The van der Waals surface area contributed by atoms with Crippen LogP contribution in [0.3, 0.4) is 0 Å². The van der Waals surface area contributed by atoms with Crippen LogP contribution in [-0.4, -0.2) is 88.0 Å². The Morgan fingerprint density at radius 2 is 1.95 bits per heavy atom. The van der Waals surface area contributed by atoms with Crippen molar-refractivity contribution in [1.29, 1.82) is 0 Å². The minimum atomic E-state index is -1.78. The molecular weight excluding hydrogens is 549 g/mol. The third-order valence-electron chi connectivity index (χ3n) is 8.59. The molecule has 0 aromatic carbocycles. The number of alkyl halides is 1. The highest BCUT2D eigenvalue weighted by molar-refractivity contribution is 5.77. The molecule has 2 aliphatic heterocycles. The number of halogens is 1. The summed E-state index contributed by atoms with van der Waals surface area (Å²) in [5.41, 5.74) is 1.15. The van der Waals surface area contributed by atoms with Crippen LogP contribution in [0.2, 0.25) is 0 Å². The minimum Gasteiger partial charge on any atom is -0.481 e. The number of aliphatic hydroxyl groups is 3. The summed E-state index contributed by atoms with van der Waals surface area (Å²) in [5.74, 6) is -0.987. The van der Waals surface area contributed by atoms with Crippen molar-refractivity contribution in [3.05, 3.63) is 35.8 Å². The summed E-state index contributed by atoms with van der Waals surface area (Å²) in [5, 5.41) is 53.8. The molecule has 4 rings (SSSR count). The van der Waals surface area contributed by atoms with Crippen LogP contribution in [0.15, 0.2) is 35.8 Å². The molecule has 42 heavy (non-hydrogen) atoms. The van der Waals surface area contributed by atoms with Gasteiger partial charge in [-0.15, -0.1) is 0 Å². The molecule has 0 bridgehead atoms. The van der Waals surface area contributed by atoms with E-state index in [1.807, 2.05) is 25.3 Å².